The number of carboxylic acids is 1. The van der Waals surface area contributed by atoms with Crippen LogP contribution in [-0.4, -0.2) is 27.6 Å². The number of nitriles is 1. The van der Waals surface area contributed by atoms with Crippen LogP contribution in [0.15, 0.2) is 36.4 Å². The minimum Gasteiger partial charge on any atom is -0.478 e. The molecule has 1 heterocycles. The first kappa shape index (κ1) is 22.2. The second kappa shape index (κ2) is 7.35. The summed E-state index contributed by atoms with van der Waals surface area (Å²) in [6, 6.07) is 8.52. The Morgan fingerprint density at radius 3 is 2.32 bits per heavy atom. The molecule has 0 bridgehead atoms. The zero-order chi connectivity index (χ0) is 23.3. The van der Waals surface area contributed by atoms with Crippen LogP contribution in [-0.2, 0) is 10.7 Å². The highest BCUT2D eigenvalue weighted by atomic mass is 32.1. The maximum atomic E-state index is 14.3. The highest BCUT2D eigenvalue weighted by Gasteiger charge is 2.50. The summed E-state index contributed by atoms with van der Waals surface area (Å²) in [6.07, 6.45) is 0. The lowest BCUT2D eigenvalue weighted by Crippen LogP contribution is -2.44. The Bertz CT molecular complexity index is 1170. The number of nitrogens with zero attached hydrogens (tertiary/aromatic N) is 3. The molecule has 1 aliphatic heterocycles. The van der Waals surface area contributed by atoms with Crippen molar-refractivity contribution in [2.45, 2.75) is 32.2 Å². The van der Waals surface area contributed by atoms with Gasteiger partial charge < -0.3 is 10.0 Å². The van der Waals surface area contributed by atoms with Gasteiger partial charge in [0, 0.05) is 18.2 Å². The van der Waals surface area contributed by atoms with Gasteiger partial charge in [0.15, 0.2) is 5.11 Å². The van der Waals surface area contributed by atoms with Crippen LogP contribution < -0.4 is 9.80 Å². The third kappa shape index (κ3) is 3.61. The molecule has 0 radical (unpaired) electrons. The van der Waals surface area contributed by atoms with Gasteiger partial charge in [0.05, 0.1) is 22.9 Å². The fourth-order valence-electron chi connectivity index (χ4n) is 3.40. The van der Waals surface area contributed by atoms with Crippen LogP contribution >= 0.6 is 12.2 Å². The molecular weight excluding hydrogens is 431 g/mol. The van der Waals surface area contributed by atoms with Crippen molar-refractivity contribution in [2.24, 2.45) is 0 Å². The van der Waals surface area contributed by atoms with Crippen molar-refractivity contribution in [1.82, 2.24) is 0 Å². The Balaban J connectivity index is 2.12. The lowest BCUT2D eigenvalue weighted by molar-refractivity contribution is -0.120. The third-order valence-electron chi connectivity index (χ3n) is 4.96. The lowest BCUT2D eigenvalue weighted by atomic mass is 10.0. The number of benzene rings is 2. The van der Waals surface area contributed by atoms with E-state index in [-0.39, 0.29) is 22.1 Å². The van der Waals surface area contributed by atoms with E-state index in [1.165, 1.54) is 36.9 Å². The molecule has 160 valence electrons. The first-order chi connectivity index (χ1) is 14.3. The van der Waals surface area contributed by atoms with E-state index in [1.54, 1.807) is 6.07 Å². The maximum Gasteiger partial charge on any atom is 0.338 e. The normalized spacial score (nSPS) is 15.9. The molecule has 1 amide bonds. The molecule has 2 aromatic rings. The Labute approximate surface area is 181 Å². The summed E-state index contributed by atoms with van der Waals surface area (Å²) in [6.45, 7) is 3.67. The first-order valence-electron chi connectivity index (χ1n) is 8.94. The standard InChI is InChI=1S/C21H16F3N3O3S/c1-20(2)18(30)26(12-5-4-11(10-25)15(8-12)21(3,23)24)19(31)27(20)13-6-7-14(17(28)29)16(22)9-13/h4-9H,1-3H3,(H,28,29). The topological polar surface area (TPSA) is 84.6 Å². The van der Waals surface area contributed by atoms with Crippen LogP contribution in [0.2, 0.25) is 0 Å². The van der Waals surface area contributed by atoms with E-state index in [0.29, 0.717) is 6.92 Å². The van der Waals surface area contributed by atoms with Gasteiger partial charge in [-0.1, -0.05) is 0 Å². The van der Waals surface area contributed by atoms with E-state index < -0.39 is 40.3 Å². The maximum absolute atomic E-state index is 14.3. The molecule has 3 rings (SSSR count). The van der Waals surface area contributed by atoms with E-state index in [0.717, 1.165) is 23.1 Å². The summed E-state index contributed by atoms with van der Waals surface area (Å²) in [5.41, 5.74) is -2.51. The number of carboxylic acid groups (broad SMARTS) is 1. The van der Waals surface area contributed by atoms with Crippen molar-refractivity contribution >= 4 is 40.6 Å². The molecule has 0 saturated carbocycles. The minimum atomic E-state index is -3.34. The summed E-state index contributed by atoms with van der Waals surface area (Å²) in [5.74, 6) is -6.36. The number of hydrogen-bond acceptors (Lipinski definition) is 4. The number of carbonyl (C=O) groups is 2. The fraction of sp³-hybridized carbons (Fsp3) is 0.238. The van der Waals surface area contributed by atoms with Crippen LogP contribution in [0, 0.1) is 17.1 Å². The van der Waals surface area contributed by atoms with Crippen molar-refractivity contribution in [3.63, 3.8) is 0 Å². The van der Waals surface area contributed by atoms with Gasteiger partial charge in [-0.05, 0) is 62.5 Å². The van der Waals surface area contributed by atoms with Gasteiger partial charge >= 0.3 is 5.97 Å². The number of amides is 1. The van der Waals surface area contributed by atoms with Gasteiger partial charge in [-0.2, -0.15) is 5.26 Å². The van der Waals surface area contributed by atoms with Gasteiger partial charge in [-0.25, -0.2) is 18.0 Å². The summed E-state index contributed by atoms with van der Waals surface area (Å²) in [4.78, 5) is 26.6. The molecule has 31 heavy (non-hydrogen) atoms. The van der Waals surface area contributed by atoms with Crippen molar-refractivity contribution in [1.29, 1.82) is 5.26 Å². The SMILES string of the molecule is CC(F)(F)c1cc(N2C(=O)C(C)(C)N(c3ccc(C(=O)O)c(F)c3)C2=S)ccc1C#N. The second-order valence-electron chi connectivity index (χ2n) is 7.52. The van der Waals surface area contributed by atoms with Gasteiger partial charge in [-0.3, -0.25) is 9.69 Å². The molecule has 0 atom stereocenters. The molecule has 0 aliphatic carbocycles. The smallest absolute Gasteiger partial charge is 0.338 e. The average molecular weight is 447 g/mol. The Hall–Kier alpha value is -3.45. The molecule has 1 fully saturated rings. The minimum absolute atomic E-state index is 0.0312. The van der Waals surface area contributed by atoms with E-state index in [4.69, 9.17) is 22.6 Å². The van der Waals surface area contributed by atoms with E-state index in [9.17, 15) is 22.8 Å². The van der Waals surface area contributed by atoms with Crippen LogP contribution in [0.4, 0.5) is 24.5 Å². The summed E-state index contributed by atoms with van der Waals surface area (Å²) < 4.78 is 42.3. The molecule has 2 aromatic carbocycles. The van der Waals surface area contributed by atoms with Crippen LogP contribution in [0.1, 0.15) is 42.3 Å². The number of rotatable bonds is 4. The highest BCUT2D eigenvalue weighted by molar-refractivity contribution is 7.81. The lowest BCUT2D eigenvalue weighted by Gasteiger charge is -2.29. The zero-order valence-corrected chi connectivity index (χ0v) is 17.4. The Morgan fingerprint density at radius 1 is 1.19 bits per heavy atom. The molecule has 0 aromatic heterocycles. The largest absolute Gasteiger partial charge is 0.478 e. The third-order valence-corrected chi connectivity index (χ3v) is 5.33. The number of alkyl halides is 2. The average Bonchev–Trinajstić information content (AvgIpc) is 2.84. The molecule has 6 nitrogen and oxygen atoms in total. The Kier molecular flexibility index (Phi) is 5.28. The number of aromatic carboxylic acids is 1. The van der Waals surface area contributed by atoms with Gasteiger partial charge in [0.25, 0.3) is 11.8 Å². The molecule has 1 aliphatic rings. The molecule has 1 N–H and O–H groups in total. The predicted octanol–water partition coefficient (Wildman–Crippen LogP) is 4.42. The summed E-state index contributed by atoms with van der Waals surface area (Å²) in [5, 5.41) is 18.0. The molecular formula is C21H16F3N3O3S. The fourth-order valence-corrected chi connectivity index (χ4v) is 3.93. The van der Waals surface area contributed by atoms with Crippen molar-refractivity contribution in [3.05, 3.63) is 58.9 Å². The molecule has 0 spiro atoms. The van der Waals surface area contributed by atoms with E-state index in [2.05, 4.69) is 0 Å². The number of thiocarbonyl (C=S) groups is 1. The van der Waals surface area contributed by atoms with E-state index in [1.807, 2.05) is 0 Å². The highest BCUT2D eigenvalue weighted by Crippen LogP contribution is 2.39. The van der Waals surface area contributed by atoms with Crippen molar-refractivity contribution in [2.75, 3.05) is 9.80 Å². The molecule has 10 heteroatoms. The second-order valence-corrected chi connectivity index (χ2v) is 7.88. The van der Waals surface area contributed by atoms with Gasteiger partial charge in [0.1, 0.15) is 11.4 Å². The first-order valence-corrected chi connectivity index (χ1v) is 9.35. The zero-order valence-electron chi connectivity index (χ0n) is 16.6. The van der Waals surface area contributed by atoms with E-state index >= 15 is 0 Å². The van der Waals surface area contributed by atoms with Gasteiger partial charge in [0.2, 0.25) is 0 Å². The number of carbonyl (C=O) groups excluding carboxylic acids is 1. The van der Waals surface area contributed by atoms with Crippen molar-refractivity contribution < 1.29 is 27.9 Å². The van der Waals surface area contributed by atoms with Crippen molar-refractivity contribution in [3.8, 4) is 6.07 Å². The molecule has 0 unspecified atom stereocenters. The summed E-state index contributed by atoms with van der Waals surface area (Å²) >= 11 is 5.42. The number of anilines is 2. The quantitative estimate of drug-likeness (QED) is 0.699. The monoisotopic (exact) mass is 447 g/mol. The number of halogens is 3. The van der Waals surface area contributed by atoms with Crippen LogP contribution in [0.25, 0.3) is 0 Å². The predicted molar refractivity (Wildman–Crippen MR) is 111 cm³/mol. The van der Waals surface area contributed by atoms with Crippen LogP contribution in [0.3, 0.4) is 0 Å². The summed E-state index contributed by atoms with van der Waals surface area (Å²) in [7, 11) is 0. The van der Waals surface area contributed by atoms with Crippen LogP contribution in [0.5, 0.6) is 0 Å². The molecule has 1 saturated heterocycles. The van der Waals surface area contributed by atoms with Gasteiger partial charge in [-0.15, -0.1) is 0 Å². The Morgan fingerprint density at radius 2 is 1.81 bits per heavy atom. The number of hydrogen-bond donors (Lipinski definition) is 1.